The summed E-state index contributed by atoms with van der Waals surface area (Å²) in [5, 5.41) is 3.77. The fourth-order valence-corrected chi connectivity index (χ4v) is 3.10. The van der Waals surface area contributed by atoms with Crippen molar-refractivity contribution in [1.82, 2.24) is 19.9 Å². The summed E-state index contributed by atoms with van der Waals surface area (Å²) in [6, 6.07) is 14.9. The van der Waals surface area contributed by atoms with Crippen LogP contribution in [0.3, 0.4) is 0 Å². The SMILES string of the molecule is O=C(Cc1ccc(Cl)cc1)N1CC(c2ccnc(Nc3ccccn3)n2)C1. The molecule has 136 valence electrons. The second-order valence-corrected chi connectivity index (χ2v) is 6.88. The molecule has 6 nitrogen and oxygen atoms in total. The lowest BCUT2D eigenvalue weighted by Gasteiger charge is -2.39. The molecule has 3 heterocycles. The third-order valence-corrected chi connectivity index (χ3v) is 4.75. The minimum atomic E-state index is 0.120. The van der Waals surface area contributed by atoms with Gasteiger partial charge in [0.05, 0.1) is 12.1 Å². The monoisotopic (exact) mass is 379 g/mol. The van der Waals surface area contributed by atoms with E-state index in [1.165, 1.54) is 0 Å². The number of benzene rings is 1. The van der Waals surface area contributed by atoms with Gasteiger partial charge in [-0.05, 0) is 35.9 Å². The summed E-state index contributed by atoms with van der Waals surface area (Å²) in [5.74, 6) is 1.56. The largest absolute Gasteiger partial charge is 0.341 e. The average Bonchev–Trinajstić information content (AvgIpc) is 2.64. The van der Waals surface area contributed by atoms with Crippen molar-refractivity contribution in [3.63, 3.8) is 0 Å². The molecule has 0 bridgehead atoms. The molecule has 1 amide bonds. The first-order valence-electron chi connectivity index (χ1n) is 8.70. The van der Waals surface area contributed by atoms with Crippen LogP contribution in [-0.2, 0) is 11.2 Å². The maximum absolute atomic E-state index is 12.4. The smallest absolute Gasteiger partial charge is 0.228 e. The molecule has 7 heteroatoms. The van der Waals surface area contributed by atoms with Crippen LogP contribution in [0.25, 0.3) is 0 Å². The first-order chi connectivity index (χ1) is 13.2. The highest BCUT2D eigenvalue weighted by atomic mass is 35.5. The van der Waals surface area contributed by atoms with E-state index in [1.54, 1.807) is 24.5 Å². The summed E-state index contributed by atoms with van der Waals surface area (Å²) in [6.45, 7) is 1.35. The molecule has 0 aliphatic carbocycles. The summed E-state index contributed by atoms with van der Waals surface area (Å²) in [5.41, 5.74) is 1.90. The second-order valence-electron chi connectivity index (χ2n) is 6.44. The molecule has 1 fully saturated rings. The lowest BCUT2D eigenvalue weighted by Crippen LogP contribution is -2.49. The molecule has 27 heavy (non-hydrogen) atoms. The number of nitrogens with zero attached hydrogens (tertiary/aromatic N) is 4. The van der Waals surface area contributed by atoms with Crippen LogP contribution in [0, 0.1) is 0 Å². The van der Waals surface area contributed by atoms with Gasteiger partial charge in [0.25, 0.3) is 0 Å². The Kier molecular flexibility index (Phi) is 4.98. The van der Waals surface area contributed by atoms with E-state index in [2.05, 4.69) is 20.3 Å². The van der Waals surface area contributed by atoms with Gasteiger partial charge >= 0.3 is 0 Å². The molecule has 4 rings (SSSR count). The van der Waals surface area contributed by atoms with Crippen LogP contribution >= 0.6 is 11.6 Å². The van der Waals surface area contributed by atoms with Crippen LogP contribution in [0.1, 0.15) is 17.2 Å². The first kappa shape index (κ1) is 17.4. The lowest BCUT2D eigenvalue weighted by atomic mass is 9.95. The van der Waals surface area contributed by atoms with E-state index in [0.29, 0.717) is 36.3 Å². The van der Waals surface area contributed by atoms with Gasteiger partial charge in [-0.15, -0.1) is 0 Å². The number of likely N-dealkylation sites (tertiary alicyclic amines) is 1. The number of anilines is 2. The quantitative estimate of drug-likeness (QED) is 0.735. The Bertz CT molecular complexity index is 927. The lowest BCUT2D eigenvalue weighted by molar-refractivity contribution is -0.134. The van der Waals surface area contributed by atoms with Crippen molar-refractivity contribution in [2.45, 2.75) is 12.3 Å². The minimum Gasteiger partial charge on any atom is -0.341 e. The number of amides is 1. The maximum Gasteiger partial charge on any atom is 0.228 e. The van der Waals surface area contributed by atoms with Crippen molar-refractivity contribution >= 4 is 29.3 Å². The molecule has 0 radical (unpaired) electrons. The highest BCUT2D eigenvalue weighted by Crippen LogP contribution is 2.27. The Morgan fingerprint density at radius 3 is 2.63 bits per heavy atom. The summed E-state index contributed by atoms with van der Waals surface area (Å²) < 4.78 is 0. The average molecular weight is 380 g/mol. The Labute approximate surface area is 162 Å². The van der Waals surface area contributed by atoms with Crippen LogP contribution in [0.5, 0.6) is 0 Å². The van der Waals surface area contributed by atoms with Crippen LogP contribution in [0.15, 0.2) is 60.9 Å². The zero-order valence-electron chi connectivity index (χ0n) is 14.5. The van der Waals surface area contributed by atoms with E-state index < -0.39 is 0 Å². The Balaban J connectivity index is 1.34. The maximum atomic E-state index is 12.4. The van der Waals surface area contributed by atoms with Gasteiger partial charge in [-0.25, -0.2) is 15.0 Å². The first-order valence-corrected chi connectivity index (χ1v) is 9.08. The van der Waals surface area contributed by atoms with Crippen molar-refractivity contribution in [2.24, 2.45) is 0 Å². The van der Waals surface area contributed by atoms with Gasteiger partial charge < -0.3 is 10.2 Å². The normalized spacial score (nSPS) is 13.9. The highest BCUT2D eigenvalue weighted by Gasteiger charge is 2.32. The summed E-state index contributed by atoms with van der Waals surface area (Å²) in [4.78, 5) is 27.3. The Morgan fingerprint density at radius 1 is 1.07 bits per heavy atom. The molecule has 1 saturated heterocycles. The van der Waals surface area contributed by atoms with Crippen molar-refractivity contribution < 1.29 is 4.79 Å². The fraction of sp³-hybridized carbons (Fsp3) is 0.200. The van der Waals surface area contributed by atoms with E-state index in [0.717, 1.165) is 11.3 Å². The Hall–Kier alpha value is -2.99. The number of rotatable bonds is 5. The van der Waals surface area contributed by atoms with Crippen molar-refractivity contribution in [3.05, 3.63) is 77.2 Å². The standard InChI is InChI=1S/C20H18ClN5O/c21-16-6-4-14(5-7-16)11-19(27)26-12-15(13-26)17-8-10-23-20(24-17)25-18-3-1-2-9-22-18/h1-10,15H,11-13H2,(H,22,23,24,25). The number of halogens is 1. The number of carbonyl (C=O) groups excluding carboxylic acids is 1. The predicted molar refractivity (Wildman–Crippen MR) is 104 cm³/mol. The van der Waals surface area contributed by atoms with Crippen LogP contribution < -0.4 is 5.32 Å². The van der Waals surface area contributed by atoms with Crippen LogP contribution in [0.2, 0.25) is 5.02 Å². The van der Waals surface area contributed by atoms with Gasteiger partial charge in [0.1, 0.15) is 5.82 Å². The van der Waals surface area contributed by atoms with E-state index >= 15 is 0 Å². The molecule has 2 aromatic heterocycles. The van der Waals surface area contributed by atoms with E-state index in [9.17, 15) is 4.79 Å². The van der Waals surface area contributed by atoms with Gasteiger partial charge in [-0.1, -0.05) is 29.8 Å². The number of hydrogen-bond donors (Lipinski definition) is 1. The van der Waals surface area contributed by atoms with Gasteiger partial charge in [-0.2, -0.15) is 0 Å². The molecule has 1 aliphatic rings. The number of hydrogen-bond acceptors (Lipinski definition) is 5. The molecular formula is C20H18ClN5O. The third kappa shape index (κ3) is 4.23. The highest BCUT2D eigenvalue weighted by molar-refractivity contribution is 6.30. The number of carbonyl (C=O) groups is 1. The number of pyridine rings is 1. The summed E-state index contributed by atoms with van der Waals surface area (Å²) in [6.07, 6.45) is 3.83. The van der Waals surface area contributed by atoms with Crippen LogP contribution in [0.4, 0.5) is 11.8 Å². The van der Waals surface area contributed by atoms with E-state index in [-0.39, 0.29) is 11.8 Å². The van der Waals surface area contributed by atoms with Gasteiger partial charge in [0, 0.05) is 36.4 Å². The molecule has 3 aromatic rings. The second kappa shape index (κ2) is 7.72. The molecule has 1 aliphatic heterocycles. The summed E-state index contributed by atoms with van der Waals surface area (Å²) >= 11 is 5.88. The van der Waals surface area contributed by atoms with Crippen molar-refractivity contribution in [1.29, 1.82) is 0 Å². The topological polar surface area (TPSA) is 71.0 Å². The number of aromatic nitrogens is 3. The summed E-state index contributed by atoms with van der Waals surface area (Å²) in [7, 11) is 0. The molecule has 0 unspecified atom stereocenters. The van der Waals surface area contributed by atoms with Gasteiger partial charge in [0.2, 0.25) is 11.9 Å². The zero-order valence-corrected chi connectivity index (χ0v) is 15.3. The molecular weight excluding hydrogens is 362 g/mol. The molecule has 1 aromatic carbocycles. The Morgan fingerprint density at radius 2 is 1.89 bits per heavy atom. The van der Waals surface area contributed by atoms with E-state index in [4.69, 9.17) is 11.6 Å². The molecule has 0 spiro atoms. The fourth-order valence-electron chi connectivity index (χ4n) is 2.97. The molecule has 1 N–H and O–H groups in total. The predicted octanol–water partition coefficient (Wildman–Crippen LogP) is 3.44. The van der Waals surface area contributed by atoms with Crippen molar-refractivity contribution in [2.75, 3.05) is 18.4 Å². The minimum absolute atomic E-state index is 0.120. The van der Waals surface area contributed by atoms with Gasteiger partial charge in [0.15, 0.2) is 0 Å². The number of nitrogens with one attached hydrogen (secondary N) is 1. The van der Waals surface area contributed by atoms with Gasteiger partial charge in [-0.3, -0.25) is 4.79 Å². The zero-order chi connectivity index (χ0) is 18.6. The van der Waals surface area contributed by atoms with E-state index in [1.807, 2.05) is 41.3 Å². The van der Waals surface area contributed by atoms with Crippen molar-refractivity contribution in [3.8, 4) is 0 Å². The molecule has 0 atom stereocenters. The van der Waals surface area contributed by atoms with Crippen LogP contribution in [-0.4, -0.2) is 38.8 Å². The molecule has 0 saturated carbocycles. The third-order valence-electron chi connectivity index (χ3n) is 4.50.